The van der Waals surface area contributed by atoms with Gasteiger partial charge in [0.05, 0.1) is 11.6 Å². The zero-order valence-corrected chi connectivity index (χ0v) is 11.9. The quantitative estimate of drug-likeness (QED) is 0.879. The smallest absolute Gasteiger partial charge is 0.251 e. The molecule has 2 amide bonds. The number of carbonyl (C=O) groups is 2. The Kier molecular flexibility index (Phi) is 4.34. The second-order valence-corrected chi connectivity index (χ2v) is 5.00. The van der Waals surface area contributed by atoms with Crippen LogP contribution in [-0.2, 0) is 4.79 Å². The Morgan fingerprint density at radius 1 is 1.35 bits per heavy atom. The van der Waals surface area contributed by atoms with Crippen LogP contribution in [0.1, 0.15) is 24.2 Å². The summed E-state index contributed by atoms with van der Waals surface area (Å²) in [7, 11) is 0. The van der Waals surface area contributed by atoms with Crippen LogP contribution in [-0.4, -0.2) is 31.2 Å². The van der Waals surface area contributed by atoms with Crippen LogP contribution in [0.4, 0.5) is 0 Å². The largest absolute Gasteiger partial charge is 0.454 e. The number of nitrogens with one attached hydrogen (secondary N) is 2. The maximum Gasteiger partial charge on any atom is 0.251 e. The first-order chi connectivity index (χ1) is 9.47. The van der Waals surface area contributed by atoms with Gasteiger partial charge >= 0.3 is 0 Å². The van der Waals surface area contributed by atoms with E-state index in [-0.39, 0.29) is 25.3 Å². The maximum atomic E-state index is 11.9. The number of halogens is 1. The molecule has 0 saturated heterocycles. The van der Waals surface area contributed by atoms with Gasteiger partial charge < -0.3 is 20.1 Å². The maximum absolute atomic E-state index is 11.9. The molecule has 0 aromatic heterocycles. The second kappa shape index (κ2) is 6.00. The predicted molar refractivity (Wildman–Crippen MR) is 73.2 cm³/mol. The van der Waals surface area contributed by atoms with Gasteiger partial charge in [0.1, 0.15) is 0 Å². The van der Waals surface area contributed by atoms with E-state index >= 15 is 0 Å². The Morgan fingerprint density at radius 2 is 2.10 bits per heavy atom. The van der Waals surface area contributed by atoms with Gasteiger partial charge in [0.15, 0.2) is 11.5 Å². The summed E-state index contributed by atoms with van der Waals surface area (Å²) in [5.41, 5.74) is 0.316. The SMILES string of the molecule is CC(C)NC(=O)CNC(=O)c1cc(Cl)c2c(c1)OCO2. The lowest BCUT2D eigenvalue weighted by molar-refractivity contribution is -0.120. The molecule has 108 valence electrons. The zero-order valence-electron chi connectivity index (χ0n) is 11.2. The molecule has 0 saturated carbocycles. The van der Waals surface area contributed by atoms with E-state index in [9.17, 15) is 9.59 Å². The molecule has 1 aromatic rings. The third-order valence-electron chi connectivity index (χ3n) is 2.55. The Morgan fingerprint density at radius 3 is 2.80 bits per heavy atom. The summed E-state index contributed by atoms with van der Waals surface area (Å²) < 4.78 is 10.3. The lowest BCUT2D eigenvalue weighted by Crippen LogP contribution is -2.39. The molecule has 0 aliphatic carbocycles. The van der Waals surface area contributed by atoms with Crippen molar-refractivity contribution in [3.63, 3.8) is 0 Å². The predicted octanol–water partition coefficient (Wildman–Crippen LogP) is 1.32. The molecule has 1 aliphatic rings. The molecule has 20 heavy (non-hydrogen) atoms. The minimum Gasteiger partial charge on any atom is -0.454 e. The molecule has 0 fully saturated rings. The molecule has 1 aromatic carbocycles. The van der Waals surface area contributed by atoms with Crippen LogP contribution >= 0.6 is 11.6 Å². The molecule has 0 unspecified atom stereocenters. The molecule has 2 N–H and O–H groups in total. The molecule has 1 heterocycles. The van der Waals surface area contributed by atoms with Crippen molar-refractivity contribution in [1.82, 2.24) is 10.6 Å². The minimum absolute atomic E-state index is 0.0272. The molecule has 0 atom stereocenters. The molecule has 0 spiro atoms. The first-order valence-corrected chi connectivity index (χ1v) is 6.52. The zero-order chi connectivity index (χ0) is 14.7. The number of fused-ring (bicyclic) bond motifs is 1. The van der Waals surface area contributed by atoms with E-state index in [1.54, 1.807) is 0 Å². The van der Waals surface area contributed by atoms with Crippen LogP contribution in [0.25, 0.3) is 0 Å². The Hall–Kier alpha value is -1.95. The highest BCUT2D eigenvalue weighted by molar-refractivity contribution is 6.32. The van der Waals surface area contributed by atoms with Crippen molar-refractivity contribution in [1.29, 1.82) is 0 Å². The Labute approximate surface area is 121 Å². The molecule has 0 radical (unpaired) electrons. The van der Waals surface area contributed by atoms with Crippen LogP contribution in [0.15, 0.2) is 12.1 Å². The third-order valence-corrected chi connectivity index (χ3v) is 2.83. The fraction of sp³-hybridized carbons (Fsp3) is 0.385. The summed E-state index contributed by atoms with van der Waals surface area (Å²) in [6, 6.07) is 3.04. The van der Waals surface area contributed by atoms with Crippen LogP contribution in [0.2, 0.25) is 5.02 Å². The minimum atomic E-state index is -0.399. The number of rotatable bonds is 4. The highest BCUT2D eigenvalue weighted by atomic mass is 35.5. The van der Waals surface area contributed by atoms with Crippen molar-refractivity contribution >= 4 is 23.4 Å². The Bertz CT molecular complexity index is 545. The van der Waals surface area contributed by atoms with E-state index in [0.29, 0.717) is 22.1 Å². The average molecular weight is 299 g/mol. The summed E-state index contributed by atoms with van der Waals surface area (Å²) >= 11 is 5.99. The number of benzene rings is 1. The van der Waals surface area contributed by atoms with E-state index in [4.69, 9.17) is 21.1 Å². The van der Waals surface area contributed by atoms with Crippen LogP contribution in [0, 0.1) is 0 Å². The van der Waals surface area contributed by atoms with Gasteiger partial charge in [0, 0.05) is 11.6 Å². The van der Waals surface area contributed by atoms with E-state index in [1.807, 2.05) is 13.8 Å². The van der Waals surface area contributed by atoms with Gasteiger partial charge in [-0.1, -0.05) is 11.6 Å². The number of hydrogen-bond donors (Lipinski definition) is 2. The van der Waals surface area contributed by atoms with Crippen molar-refractivity contribution in [2.45, 2.75) is 19.9 Å². The van der Waals surface area contributed by atoms with Crippen molar-refractivity contribution in [2.75, 3.05) is 13.3 Å². The van der Waals surface area contributed by atoms with E-state index in [2.05, 4.69) is 10.6 Å². The summed E-state index contributed by atoms with van der Waals surface area (Å²) in [6.45, 7) is 3.68. The van der Waals surface area contributed by atoms with E-state index in [0.717, 1.165) is 0 Å². The Balaban J connectivity index is 2.00. The van der Waals surface area contributed by atoms with Gasteiger partial charge in [-0.25, -0.2) is 0 Å². The standard InChI is InChI=1S/C13H15ClN2O4/c1-7(2)16-11(17)5-15-13(18)8-3-9(14)12-10(4-8)19-6-20-12/h3-4,7H,5-6H2,1-2H3,(H,15,18)(H,16,17). The van der Waals surface area contributed by atoms with Gasteiger partial charge in [0.2, 0.25) is 12.7 Å². The molecule has 7 heteroatoms. The molecule has 2 rings (SSSR count). The van der Waals surface area contributed by atoms with Crippen molar-refractivity contribution in [3.8, 4) is 11.5 Å². The highest BCUT2D eigenvalue weighted by Gasteiger charge is 2.20. The molecule has 1 aliphatic heterocycles. The monoisotopic (exact) mass is 298 g/mol. The normalized spacial score (nSPS) is 12.4. The van der Waals surface area contributed by atoms with E-state index < -0.39 is 5.91 Å². The van der Waals surface area contributed by atoms with Crippen molar-refractivity contribution < 1.29 is 19.1 Å². The number of hydrogen-bond acceptors (Lipinski definition) is 4. The van der Waals surface area contributed by atoms with Gasteiger partial charge in [-0.2, -0.15) is 0 Å². The third kappa shape index (κ3) is 3.33. The first-order valence-electron chi connectivity index (χ1n) is 6.14. The second-order valence-electron chi connectivity index (χ2n) is 4.60. The summed E-state index contributed by atoms with van der Waals surface area (Å²) in [4.78, 5) is 23.4. The fourth-order valence-corrected chi connectivity index (χ4v) is 2.00. The summed E-state index contributed by atoms with van der Waals surface area (Å²) in [6.07, 6.45) is 0. The first kappa shape index (κ1) is 14.5. The number of amides is 2. The number of ether oxygens (including phenoxy) is 2. The van der Waals surface area contributed by atoms with Gasteiger partial charge in [-0.05, 0) is 26.0 Å². The number of carbonyl (C=O) groups excluding carboxylic acids is 2. The summed E-state index contributed by atoms with van der Waals surface area (Å²) in [5.74, 6) is 0.208. The topological polar surface area (TPSA) is 76.7 Å². The molecular weight excluding hydrogens is 284 g/mol. The van der Waals surface area contributed by atoms with Crippen LogP contribution < -0.4 is 20.1 Å². The fourth-order valence-electron chi connectivity index (χ4n) is 1.73. The van der Waals surface area contributed by atoms with Gasteiger partial charge in [-0.15, -0.1) is 0 Å². The molecular formula is C13H15ClN2O4. The highest BCUT2D eigenvalue weighted by Crippen LogP contribution is 2.39. The molecule has 6 nitrogen and oxygen atoms in total. The van der Waals surface area contributed by atoms with Crippen LogP contribution in [0.3, 0.4) is 0 Å². The van der Waals surface area contributed by atoms with Crippen molar-refractivity contribution in [2.24, 2.45) is 0 Å². The molecule has 0 bridgehead atoms. The lowest BCUT2D eigenvalue weighted by atomic mass is 10.2. The van der Waals surface area contributed by atoms with Gasteiger partial charge in [0.25, 0.3) is 5.91 Å². The summed E-state index contributed by atoms with van der Waals surface area (Å²) in [5, 5.41) is 5.50. The van der Waals surface area contributed by atoms with Crippen LogP contribution in [0.5, 0.6) is 11.5 Å². The van der Waals surface area contributed by atoms with E-state index in [1.165, 1.54) is 12.1 Å². The lowest BCUT2D eigenvalue weighted by Gasteiger charge is -2.09. The average Bonchev–Trinajstić information content (AvgIpc) is 2.83. The van der Waals surface area contributed by atoms with Crippen molar-refractivity contribution in [3.05, 3.63) is 22.7 Å². The van der Waals surface area contributed by atoms with Gasteiger partial charge in [-0.3, -0.25) is 9.59 Å².